The van der Waals surface area contributed by atoms with E-state index in [-0.39, 0.29) is 22.1 Å². The van der Waals surface area contributed by atoms with Gasteiger partial charge in [-0.2, -0.15) is 8.78 Å². The van der Waals surface area contributed by atoms with Crippen LogP contribution >= 0.6 is 11.3 Å². The Bertz CT molecular complexity index is 822. The van der Waals surface area contributed by atoms with Crippen LogP contribution in [0, 0.1) is 0 Å². The quantitative estimate of drug-likeness (QED) is 0.776. The highest BCUT2D eigenvalue weighted by atomic mass is 32.2. The van der Waals surface area contributed by atoms with Gasteiger partial charge in [-0.3, -0.25) is 4.79 Å². The van der Waals surface area contributed by atoms with Gasteiger partial charge in [0.1, 0.15) is 9.96 Å². The average molecular weight is 376 g/mol. The zero-order valence-electron chi connectivity index (χ0n) is 12.5. The fraction of sp³-hybridized carbons (Fsp3) is 0.214. The zero-order chi connectivity index (χ0) is 17.7. The molecule has 0 radical (unpaired) electrons. The predicted octanol–water partition coefficient (Wildman–Crippen LogP) is 2.19. The Morgan fingerprint density at radius 3 is 2.62 bits per heavy atom. The van der Waals surface area contributed by atoms with E-state index >= 15 is 0 Å². The zero-order valence-corrected chi connectivity index (χ0v) is 14.1. The molecule has 0 aliphatic rings. The summed E-state index contributed by atoms with van der Waals surface area (Å²) in [4.78, 5) is 12.7. The van der Waals surface area contributed by atoms with Crippen molar-refractivity contribution in [2.45, 2.75) is 17.4 Å². The maximum Gasteiger partial charge on any atom is 0.387 e. The van der Waals surface area contributed by atoms with Crippen LogP contribution in [-0.2, 0) is 16.6 Å². The van der Waals surface area contributed by atoms with Crippen LogP contribution in [0.2, 0.25) is 0 Å². The van der Waals surface area contributed by atoms with Gasteiger partial charge in [0, 0.05) is 4.88 Å². The van der Waals surface area contributed by atoms with Gasteiger partial charge in [-0.25, -0.2) is 13.1 Å². The highest BCUT2D eigenvalue weighted by molar-refractivity contribution is 7.91. The Morgan fingerprint density at radius 2 is 1.96 bits per heavy atom. The molecule has 0 saturated heterocycles. The highest BCUT2D eigenvalue weighted by Crippen LogP contribution is 2.22. The van der Waals surface area contributed by atoms with Gasteiger partial charge < -0.3 is 10.1 Å². The number of hydrogen-bond acceptors (Lipinski definition) is 5. The Morgan fingerprint density at radius 1 is 1.25 bits per heavy atom. The third kappa shape index (κ3) is 4.49. The first-order chi connectivity index (χ1) is 11.3. The van der Waals surface area contributed by atoms with Crippen molar-refractivity contribution in [3.63, 3.8) is 0 Å². The summed E-state index contributed by atoms with van der Waals surface area (Å²) in [7, 11) is -2.23. The standard InChI is InChI=1S/C14H14F2N2O4S2/c1-17-24(20,21)12-7-6-9(23-12)8-18-13(19)10-4-2-3-5-11(10)22-14(15)16/h2-7,14,17H,8H2,1H3,(H,18,19). The number of halogens is 2. The number of carbonyl (C=O) groups excluding carboxylic acids is 1. The molecule has 2 rings (SSSR count). The van der Waals surface area contributed by atoms with Crippen molar-refractivity contribution in [1.82, 2.24) is 10.0 Å². The number of para-hydroxylation sites is 1. The molecule has 1 aromatic carbocycles. The van der Waals surface area contributed by atoms with Gasteiger partial charge in [-0.05, 0) is 31.3 Å². The average Bonchev–Trinajstić information content (AvgIpc) is 3.02. The summed E-state index contributed by atoms with van der Waals surface area (Å²) in [6.45, 7) is -2.98. The summed E-state index contributed by atoms with van der Waals surface area (Å²) < 4.78 is 54.6. The van der Waals surface area contributed by atoms with E-state index in [0.717, 1.165) is 11.3 Å². The maximum absolute atomic E-state index is 12.3. The van der Waals surface area contributed by atoms with Crippen molar-refractivity contribution in [2.24, 2.45) is 0 Å². The first kappa shape index (κ1) is 18.3. The Kier molecular flexibility index (Phi) is 5.86. The number of amides is 1. The molecule has 6 nitrogen and oxygen atoms in total. The number of thiophene rings is 1. The van der Waals surface area contributed by atoms with Crippen molar-refractivity contribution >= 4 is 27.3 Å². The number of alkyl halides is 2. The predicted molar refractivity (Wildman–Crippen MR) is 84.8 cm³/mol. The van der Waals surface area contributed by atoms with Crippen LogP contribution < -0.4 is 14.8 Å². The molecule has 0 aliphatic heterocycles. The summed E-state index contributed by atoms with van der Waals surface area (Å²) in [6.07, 6.45) is 0. The number of ether oxygens (including phenoxy) is 1. The van der Waals surface area contributed by atoms with Gasteiger partial charge in [0.25, 0.3) is 5.91 Å². The van der Waals surface area contributed by atoms with Gasteiger partial charge in [0.2, 0.25) is 10.0 Å². The molecule has 0 atom stereocenters. The second kappa shape index (κ2) is 7.69. The van der Waals surface area contributed by atoms with Crippen LogP contribution in [0.25, 0.3) is 0 Å². The highest BCUT2D eigenvalue weighted by Gasteiger charge is 2.17. The van der Waals surface area contributed by atoms with Gasteiger partial charge in [-0.1, -0.05) is 12.1 Å². The molecule has 0 spiro atoms. The smallest absolute Gasteiger partial charge is 0.387 e. The lowest BCUT2D eigenvalue weighted by Crippen LogP contribution is -2.23. The van der Waals surface area contributed by atoms with Crippen molar-refractivity contribution in [3.8, 4) is 5.75 Å². The molecule has 0 aliphatic carbocycles. The number of rotatable bonds is 7. The first-order valence-electron chi connectivity index (χ1n) is 6.68. The fourth-order valence-corrected chi connectivity index (χ4v) is 3.95. The molecule has 24 heavy (non-hydrogen) atoms. The van der Waals surface area contributed by atoms with Crippen LogP contribution in [-0.4, -0.2) is 28.0 Å². The third-order valence-electron chi connectivity index (χ3n) is 2.94. The normalized spacial score (nSPS) is 11.5. The van der Waals surface area contributed by atoms with E-state index in [4.69, 9.17) is 0 Å². The van der Waals surface area contributed by atoms with E-state index in [0.29, 0.717) is 4.88 Å². The molecular weight excluding hydrogens is 362 g/mol. The minimum atomic E-state index is -3.54. The van der Waals surface area contributed by atoms with Gasteiger partial charge >= 0.3 is 6.61 Å². The SMILES string of the molecule is CNS(=O)(=O)c1ccc(CNC(=O)c2ccccc2OC(F)F)s1. The van der Waals surface area contributed by atoms with Crippen molar-refractivity contribution in [1.29, 1.82) is 0 Å². The van der Waals surface area contributed by atoms with Gasteiger partial charge in [0.05, 0.1) is 12.1 Å². The summed E-state index contributed by atoms with van der Waals surface area (Å²) in [6, 6.07) is 8.61. The Balaban J connectivity index is 2.07. The number of nitrogens with one attached hydrogen (secondary N) is 2. The van der Waals surface area contributed by atoms with E-state index in [1.54, 1.807) is 6.07 Å². The second-order valence-electron chi connectivity index (χ2n) is 4.49. The first-order valence-corrected chi connectivity index (χ1v) is 8.98. The molecule has 1 aromatic heterocycles. The van der Waals surface area contributed by atoms with E-state index in [1.165, 1.54) is 37.4 Å². The van der Waals surface area contributed by atoms with Crippen molar-refractivity contribution in [3.05, 3.63) is 46.8 Å². The van der Waals surface area contributed by atoms with Crippen LogP contribution in [0.1, 0.15) is 15.2 Å². The third-order valence-corrected chi connectivity index (χ3v) is 5.93. The number of carbonyl (C=O) groups is 1. The van der Waals surface area contributed by atoms with E-state index in [2.05, 4.69) is 14.8 Å². The Hall–Kier alpha value is -2.04. The molecule has 2 N–H and O–H groups in total. The molecule has 1 amide bonds. The van der Waals surface area contributed by atoms with E-state index in [9.17, 15) is 22.0 Å². The van der Waals surface area contributed by atoms with Crippen LogP contribution in [0.5, 0.6) is 5.75 Å². The minimum absolute atomic E-state index is 0.0302. The molecule has 0 unspecified atom stereocenters. The van der Waals surface area contributed by atoms with E-state index in [1.807, 2.05) is 0 Å². The van der Waals surface area contributed by atoms with Crippen LogP contribution in [0.15, 0.2) is 40.6 Å². The Labute approximate surface area is 141 Å². The lowest BCUT2D eigenvalue weighted by molar-refractivity contribution is -0.0501. The molecular formula is C14H14F2N2O4S2. The molecule has 1 heterocycles. The molecule has 0 bridgehead atoms. The maximum atomic E-state index is 12.3. The summed E-state index contributed by atoms with van der Waals surface area (Å²) in [5.41, 5.74) is -0.0302. The van der Waals surface area contributed by atoms with Crippen LogP contribution in [0.3, 0.4) is 0 Å². The van der Waals surface area contributed by atoms with Gasteiger partial charge in [0.15, 0.2) is 0 Å². The van der Waals surface area contributed by atoms with E-state index < -0.39 is 22.5 Å². The lowest BCUT2D eigenvalue weighted by atomic mass is 10.2. The molecule has 130 valence electrons. The van der Waals surface area contributed by atoms with Crippen molar-refractivity contribution in [2.75, 3.05) is 7.05 Å². The topological polar surface area (TPSA) is 84.5 Å². The molecule has 2 aromatic rings. The van der Waals surface area contributed by atoms with Crippen molar-refractivity contribution < 1.29 is 26.7 Å². The molecule has 10 heteroatoms. The lowest BCUT2D eigenvalue weighted by Gasteiger charge is -2.10. The number of sulfonamides is 1. The number of hydrogen-bond donors (Lipinski definition) is 2. The fourth-order valence-electron chi connectivity index (χ4n) is 1.81. The minimum Gasteiger partial charge on any atom is -0.434 e. The summed E-state index contributed by atoms with van der Waals surface area (Å²) in [5.74, 6) is -0.827. The van der Waals surface area contributed by atoms with Crippen LogP contribution in [0.4, 0.5) is 8.78 Å². The molecule has 0 saturated carbocycles. The summed E-state index contributed by atoms with van der Waals surface area (Å²) >= 11 is 1.000. The van der Waals surface area contributed by atoms with Gasteiger partial charge in [-0.15, -0.1) is 11.3 Å². The summed E-state index contributed by atoms with van der Waals surface area (Å²) in [5, 5.41) is 2.54. The largest absolute Gasteiger partial charge is 0.434 e. The number of benzene rings is 1. The second-order valence-corrected chi connectivity index (χ2v) is 7.77. The molecule has 0 fully saturated rings. The monoisotopic (exact) mass is 376 g/mol.